The number of benzene rings is 2. The van der Waals surface area contributed by atoms with Crippen LogP contribution in [0.4, 0.5) is 5.69 Å². The maximum atomic E-state index is 12.1. The van der Waals surface area contributed by atoms with Crippen LogP contribution in [0, 0.1) is 13.7 Å². The molecule has 0 saturated heterocycles. The molecule has 6 nitrogen and oxygen atoms in total. The molecule has 0 amide bonds. The number of aromatic amines is 1. The molecule has 0 unspecified atom stereocenters. The van der Waals surface area contributed by atoms with E-state index in [1.54, 1.807) is 36.4 Å². The molecule has 1 N–H and O–H groups in total. The van der Waals surface area contributed by atoms with Gasteiger partial charge >= 0.3 is 0 Å². The first kappa shape index (κ1) is 13.7. The second-order valence-electron chi connectivity index (χ2n) is 4.33. The zero-order chi connectivity index (χ0) is 15.0. The zero-order valence-corrected chi connectivity index (χ0v) is 12.7. The van der Waals surface area contributed by atoms with Gasteiger partial charge in [0.25, 0.3) is 11.2 Å². The van der Waals surface area contributed by atoms with Crippen LogP contribution in [0.2, 0.25) is 0 Å². The van der Waals surface area contributed by atoms with Crippen molar-refractivity contribution in [2.45, 2.75) is 0 Å². The Bertz CT molecular complexity index is 921. The second kappa shape index (κ2) is 5.24. The average molecular weight is 393 g/mol. The van der Waals surface area contributed by atoms with E-state index in [1.807, 2.05) is 22.6 Å². The molecule has 1 aromatic heterocycles. The van der Waals surface area contributed by atoms with Gasteiger partial charge in [0, 0.05) is 11.6 Å². The Hall–Kier alpha value is -2.29. The van der Waals surface area contributed by atoms with E-state index in [4.69, 9.17) is 0 Å². The third-order valence-electron chi connectivity index (χ3n) is 3.04. The molecular formula is C14H8IN3O3. The standard InChI is InChI=1S/C14H8IN3O3/c15-12-9(5-3-7-11(12)18(20)21)13-16-10-6-2-1-4-8(10)14(19)17-13/h1-7H,(H,16,17,19). The molecule has 0 spiro atoms. The van der Waals surface area contributed by atoms with Gasteiger partial charge in [0.15, 0.2) is 0 Å². The van der Waals surface area contributed by atoms with Crippen LogP contribution < -0.4 is 5.56 Å². The maximum Gasteiger partial charge on any atom is 0.283 e. The second-order valence-corrected chi connectivity index (χ2v) is 5.41. The summed E-state index contributed by atoms with van der Waals surface area (Å²) < 4.78 is 0.443. The molecular weight excluding hydrogens is 385 g/mol. The zero-order valence-electron chi connectivity index (χ0n) is 10.5. The lowest BCUT2D eigenvalue weighted by molar-refractivity contribution is -0.385. The van der Waals surface area contributed by atoms with Gasteiger partial charge in [0.2, 0.25) is 0 Å². The average Bonchev–Trinajstić information content (AvgIpc) is 2.47. The number of nitrogens with one attached hydrogen (secondary N) is 1. The predicted octanol–water partition coefficient (Wildman–Crippen LogP) is 3.10. The molecule has 21 heavy (non-hydrogen) atoms. The Morgan fingerprint density at radius 1 is 1.14 bits per heavy atom. The van der Waals surface area contributed by atoms with E-state index in [-0.39, 0.29) is 11.2 Å². The van der Waals surface area contributed by atoms with Crippen LogP contribution in [0.15, 0.2) is 47.3 Å². The third-order valence-corrected chi connectivity index (χ3v) is 4.18. The van der Waals surface area contributed by atoms with E-state index in [0.717, 1.165) is 0 Å². The van der Waals surface area contributed by atoms with Crippen molar-refractivity contribution in [2.24, 2.45) is 0 Å². The molecule has 0 saturated carbocycles. The lowest BCUT2D eigenvalue weighted by Crippen LogP contribution is -2.10. The first-order valence-corrected chi connectivity index (χ1v) is 7.08. The fourth-order valence-electron chi connectivity index (χ4n) is 2.06. The van der Waals surface area contributed by atoms with E-state index >= 15 is 0 Å². The SMILES string of the molecule is O=c1[nH]c(-c2cccc([N+](=O)[O-])c2I)nc2ccccc12. The van der Waals surface area contributed by atoms with Crippen LogP contribution in [-0.2, 0) is 0 Å². The highest BCUT2D eigenvalue weighted by Crippen LogP contribution is 2.29. The smallest absolute Gasteiger partial charge is 0.283 e. The number of rotatable bonds is 2. The Kier molecular flexibility index (Phi) is 3.42. The predicted molar refractivity (Wildman–Crippen MR) is 87.2 cm³/mol. The fourth-order valence-corrected chi connectivity index (χ4v) is 2.87. The molecule has 0 aliphatic rings. The van der Waals surface area contributed by atoms with Crippen molar-refractivity contribution >= 4 is 39.2 Å². The Labute approximate surface area is 132 Å². The number of nitrogens with zero attached hydrogens (tertiary/aromatic N) is 2. The first-order valence-electron chi connectivity index (χ1n) is 6.00. The lowest BCUT2D eigenvalue weighted by Gasteiger charge is -2.05. The number of hydrogen-bond acceptors (Lipinski definition) is 4. The minimum absolute atomic E-state index is 0.0103. The molecule has 3 aromatic rings. The van der Waals surface area contributed by atoms with Crippen molar-refractivity contribution < 1.29 is 4.92 Å². The molecule has 0 radical (unpaired) electrons. The van der Waals surface area contributed by atoms with E-state index in [1.165, 1.54) is 6.07 Å². The van der Waals surface area contributed by atoms with Gasteiger partial charge in [0.05, 0.1) is 15.8 Å². The van der Waals surface area contributed by atoms with Gasteiger partial charge in [-0.3, -0.25) is 14.9 Å². The number of H-pyrrole nitrogens is 1. The lowest BCUT2D eigenvalue weighted by atomic mass is 10.1. The molecule has 3 rings (SSSR count). The summed E-state index contributed by atoms with van der Waals surface area (Å²) in [7, 11) is 0. The van der Waals surface area contributed by atoms with E-state index in [0.29, 0.717) is 25.9 Å². The maximum absolute atomic E-state index is 12.1. The summed E-state index contributed by atoms with van der Waals surface area (Å²) in [5.41, 5.74) is 0.813. The number of hydrogen-bond donors (Lipinski definition) is 1. The summed E-state index contributed by atoms with van der Waals surface area (Å²) in [5.74, 6) is 0.326. The molecule has 104 valence electrons. The summed E-state index contributed by atoms with van der Waals surface area (Å²) in [4.78, 5) is 29.7. The minimum atomic E-state index is -0.454. The quantitative estimate of drug-likeness (QED) is 0.412. The van der Waals surface area contributed by atoms with Crippen molar-refractivity contribution in [3.8, 4) is 11.4 Å². The fraction of sp³-hybridized carbons (Fsp3) is 0. The van der Waals surface area contributed by atoms with E-state index < -0.39 is 4.92 Å². The van der Waals surface area contributed by atoms with Crippen LogP contribution in [0.5, 0.6) is 0 Å². The summed E-state index contributed by atoms with van der Waals surface area (Å²) in [6, 6.07) is 11.7. The van der Waals surface area contributed by atoms with Crippen molar-refractivity contribution in [3.63, 3.8) is 0 Å². The Morgan fingerprint density at radius 3 is 2.67 bits per heavy atom. The van der Waals surface area contributed by atoms with Gasteiger partial charge in [-0.2, -0.15) is 0 Å². The Balaban J connectivity index is 2.29. The molecule has 7 heteroatoms. The number of nitro benzene ring substituents is 1. The van der Waals surface area contributed by atoms with Crippen LogP contribution in [-0.4, -0.2) is 14.9 Å². The number of para-hydroxylation sites is 1. The van der Waals surface area contributed by atoms with Gasteiger partial charge in [-0.1, -0.05) is 18.2 Å². The summed E-state index contributed by atoms with van der Waals surface area (Å²) in [5, 5.41) is 11.5. The number of aromatic nitrogens is 2. The molecule has 0 fully saturated rings. The summed E-state index contributed by atoms with van der Waals surface area (Å²) >= 11 is 1.89. The number of fused-ring (bicyclic) bond motifs is 1. The summed E-state index contributed by atoms with van der Waals surface area (Å²) in [6.07, 6.45) is 0. The van der Waals surface area contributed by atoms with Crippen LogP contribution in [0.25, 0.3) is 22.3 Å². The minimum Gasteiger partial charge on any atom is -0.306 e. The first-order chi connectivity index (χ1) is 10.1. The molecule has 0 atom stereocenters. The van der Waals surface area contributed by atoms with Crippen LogP contribution in [0.3, 0.4) is 0 Å². The van der Waals surface area contributed by atoms with Crippen LogP contribution >= 0.6 is 22.6 Å². The number of halogens is 1. The van der Waals surface area contributed by atoms with Crippen molar-refractivity contribution in [2.75, 3.05) is 0 Å². The van der Waals surface area contributed by atoms with Gasteiger partial charge in [-0.05, 0) is 40.8 Å². The van der Waals surface area contributed by atoms with Gasteiger partial charge in [-0.15, -0.1) is 0 Å². The highest BCUT2D eigenvalue weighted by molar-refractivity contribution is 14.1. The van der Waals surface area contributed by atoms with Crippen LogP contribution in [0.1, 0.15) is 0 Å². The monoisotopic (exact) mass is 393 g/mol. The molecule has 2 aromatic carbocycles. The molecule has 0 aliphatic heterocycles. The molecule has 0 aliphatic carbocycles. The van der Waals surface area contributed by atoms with Crippen molar-refractivity contribution in [3.05, 3.63) is 66.5 Å². The van der Waals surface area contributed by atoms with E-state index in [2.05, 4.69) is 9.97 Å². The van der Waals surface area contributed by atoms with E-state index in [9.17, 15) is 14.9 Å². The van der Waals surface area contributed by atoms with Gasteiger partial charge in [-0.25, -0.2) is 4.98 Å². The normalized spacial score (nSPS) is 10.7. The molecule has 1 heterocycles. The topological polar surface area (TPSA) is 88.9 Å². The Morgan fingerprint density at radius 2 is 1.90 bits per heavy atom. The third kappa shape index (κ3) is 2.40. The van der Waals surface area contributed by atoms with Gasteiger partial charge < -0.3 is 4.98 Å². The molecule has 0 bridgehead atoms. The number of nitro groups is 1. The summed E-state index contributed by atoms with van der Waals surface area (Å²) in [6.45, 7) is 0. The largest absolute Gasteiger partial charge is 0.306 e. The van der Waals surface area contributed by atoms with Crippen molar-refractivity contribution in [1.29, 1.82) is 0 Å². The highest BCUT2D eigenvalue weighted by Gasteiger charge is 2.17. The van der Waals surface area contributed by atoms with Gasteiger partial charge in [0.1, 0.15) is 9.39 Å². The highest BCUT2D eigenvalue weighted by atomic mass is 127. The van der Waals surface area contributed by atoms with Crippen molar-refractivity contribution in [1.82, 2.24) is 9.97 Å².